The maximum Gasteiger partial charge on any atom is 0.490 e. The first kappa shape index (κ1) is 39.4. The largest absolute Gasteiger partial charge is 0.490 e. The molecule has 0 radical (unpaired) electrons. The number of ether oxygens (including phenoxy) is 1. The number of carbonyl (C=O) groups excluding carboxylic acids is 2. The number of nitrogens with zero attached hydrogens (tertiary/aromatic N) is 1. The van der Waals surface area contributed by atoms with Crippen LogP contribution in [-0.4, -0.2) is 69.3 Å². The van der Waals surface area contributed by atoms with Gasteiger partial charge in [0.25, 0.3) is 11.8 Å². The molecule has 2 aliphatic heterocycles. The quantitative estimate of drug-likeness (QED) is 0.135. The Hall–Kier alpha value is -4.34. The second-order valence-corrected chi connectivity index (χ2v) is 15.0. The molecule has 0 spiro atoms. The molecule has 2 amide bonds. The van der Waals surface area contributed by atoms with Gasteiger partial charge in [-0.1, -0.05) is 52.3 Å². The average molecular weight is 821 g/mol. The molecule has 2 heterocycles. The van der Waals surface area contributed by atoms with E-state index in [1.54, 1.807) is 36.4 Å². The van der Waals surface area contributed by atoms with Crippen LogP contribution in [0.2, 0.25) is 0 Å². The summed E-state index contributed by atoms with van der Waals surface area (Å²) in [6.45, 7) is 0. The molecule has 3 aliphatic rings. The van der Waals surface area contributed by atoms with Gasteiger partial charge in [-0.05, 0) is 115 Å². The van der Waals surface area contributed by atoms with Crippen molar-refractivity contribution in [3.8, 4) is 5.75 Å². The summed E-state index contributed by atoms with van der Waals surface area (Å²) in [6, 6.07) is 17.3. The second-order valence-electron chi connectivity index (χ2n) is 14.1. The molecule has 54 heavy (non-hydrogen) atoms. The van der Waals surface area contributed by atoms with E-state index in [1.807, 2.05) is 24.3 Å². The number of fused-ring (bicyclic) bond motifs is 4. The number of rotatable bonds is 8. The Labute approximate surface area is 315 Å². The summed E-state index contributed by atoms with van der Waals surface area (Å²) in [5, 5.41) is 23.5. The van der Waals surface area contributed by atoms with Gasteiger partial charge in [0.1, 0.15) is 5.75 Å². The minimum Gasteiger partial charge on any atom is -0.490 e. The molecule has 9 nitrogen and oxygen atoms in total. The number of nitrogens with one attached hydrogen (secondary N) is 1. The third-order valence-corrected chi connectivity index (χ3v) is 10.8. The van der Waals surface area contributed by atoms with Crippen LogP contribution in [0.15, 0.2) is 77.3 Å². The number of carbonyl (C=O) groups is 3. The van der Waals surface area contributed by atoms with Gasteiger partial charge in [-0.25, -0.2) is 4.79 Å². The van der Waals surface area contributed by atoms with Gasteiger partial charge < -0.3 is 30.9 Å². The van der Waals surface area contributed by atoms with E-state index < -0.39 is 47.6 Å². The highest BCUT2D eigenvalue weighted by Crippen LogP contribution is 2.40. The molecule has 0 aromatic heterocycles. The number of alkyl halides is 5. The Bertz CT molecular complexity index is 2030. The Kier molecular flexibility index (Phi) is 11.5. The van der Waals surface area contributed by atoms with E-state index in [0.29, 0.717) is 31.1 Å². The van der Waals surface area contributed by atoms with Crippen molar-refractivity contribution >= 4 is 55.3 Å². The molecule has 4 aromatic rings. The van der Waals surface area contributed by atoms with E-state index in [9.17, 15) is 27.9 Å². The Balaban J connectivity index is 0.000000649. The van der Waals surface area contributed by atoms with Crippen molar-refractivity contribution in [2.75, 3.05) is 0 Å². The topological polar surface area (TPSA) is 142 Å². The first-order valence-corrected chi connectivity index (χ1v) is 18.4. The molecular weight excluding hydrogens is 781 g/mol. The van der Waals surface area contributed by atoms with Crippen molar-refractivity contribution in [2.45, 2.75) is 99.8 Å². The molecule has 15 heteroatoms. The average Bonchev–Trinajstić information content (AvgIpc) is 3.74. The van der Waals surface area contributed by atoms with Crippen LogP contribution in [0.25, 0.3) is 21.5 Å². The molecule has 2 bridgehead atoms. The zero-order valence-electron chi connectivity index (χ0n) is 28.9. The third kappa shape index (κ3) is 8.63. The first-order chi connectivity index (χ1) is 25.5. The predicted octanol–water partition coefficient (Wildman–Crippen LogP) is 7.50. The zero-order chi connectivity index (χ0) is 38.9. The number of nitrogens with two attached hydrogens (primary N) is 1. The van der Waals surface area contributed by atoms with Gasteiger partial charge in [-0.3, -0.25) is 9.59 Å². The molecule has 2 saturated heterocycles. The van der Waals surface area contributed by atoms with E-state index >= 15 is 8.78 Å². The second kappa shape index (κ2) is 15.8. The molecular formula is C39H39BrF5N3O6. The lowest BCUT2D eigenvalue weighted by Crippen LogP contribution is -2.61. The van der Waals surface area contributed by atoms with Gasteiger partial charge in [0.15, 0.2) is 12.1 Å². The summed E-state index contributed by atoms with van der Waals surface area (Å²) in [4.78, 5) is 38.1. The Morgan fingerprint density at radius 2 is 1.37 bits per heavy atom. The highest BCUT2D eigenvalue weighted by Gasteiger charge is 2.53. The summed E-state index contributed by atoms with van der Waals surface area (Å²) in [6.07, 6.45) is 0.127. The number of aliphatic hydroxyl groups is 1. The molecule has 2 unspecified atom stereocenters. The van der Waals surface area contributed by atoms with Crippen LogP contribution < -0.4 is 15.8 Å². The van der Waals surface area contributed by atoms with Crippen LogP contribution in [0.3, 0.4) is 0 Å². The fourth-order valence-corrected chi connectivity index (χ4v) is 8.06. The van der Waals surface area contributed by atoms with Crippen molar-refractivity contribution in [1.29, 1.82) is 0 Å². The number of halogens is 6. The molecule has 7 rings (SSSR count). The van der Waals surface area contributed by atoms with Crippen LogP contribution in [-0.2, 0) is 20.3 Å². The highest BCUT2D eigenvalue weighted by atomic mass is 79.9. The number of hydrogen-bond donors (Lipinski definition) is 4. The lowest BCUT2D eigenvalue weighted by Gasteiger charge is -2.41. The molecule has 288 valence electrons. The van der Waals surface area contributed by atoms with Crippen LogP contribution in [0.1, 0.15) is 68.6 Å². The van der Waals surface area contributed by atoms with Gasteiger partial charge in [0, 0.05) is 28.2 Å². The summed E-state index contributed by atoms with van der Waals surface area (Å²) < 4.78 is 71.9. The number of aliphatic carboxylic acids is 1. The molecule has 5 N–H and O–H groups in total. The highest BCUT2D eigenvalue weighted by molar-refractivity contribution is 9.10. The molecule has 4 aromatic carbocycles. The molecule has 3 fully saturated rings. The molecule has 4 atom stereocenters. The van der Waals surface area contributed by atoms with E-state index in [2.05, 4.69) is 21.2 Å². The molecule has 1 saturated carbocycles. The van der Waals surface area contributed by atoms with E-state index in [1.165, 1.54) is 17.0 Å². The van der Waals surface area contributed by atoms with Crippen LogP contribution in [0.5, 0.6) is 5.75 Å². The number of hydrogen-bond acceptors (Lipinski definition) is 6. The SMILES string of the molecule is NC1CC2CCC(C1)N2C(=O)[C@H](NC(=O)[C@@H](O)c1ccc2cc(OC3CCCC3)ccc2c1)C(F)(F)c1ccc2cc(Br)ccc2c1.O=C(O)C(F)(F)F. The predicted molar refractivity (Wildman–Crippen MR) is 194 cm³/mol. The van der Waals surface area contributed by atoms with Crippen molar-refractivity contribution < 1.29 is 51.3 Å². The van der Waals surface area contributed by atoms with Gasteiger partial charge in [0.2, 0.25) is 0 Å². The minimum atomic E-state index is -5.08. The van der Waals surface area contributed by atoms with Crippen LogP contribution >= 0.6 is 15.9 Å². The lowest BCUT2D eigenvalue weighted by atomic mass is 9.93. The van der Waals surface area contributed by atoms with E-state index in [-0.39, 0.29) is 29.8 Å². The minimum absolute atomic E-state index is 0.106. The lowest BCUT2D eigenvalue weighted by molar-refractivity contribution is -0.192. The van der Waals surface area contributed by atoms with Crippen molar-refractivity contribution in [3.05, 3.63) is 88.4 Å². The van der Waals surface area contributed by atoms with E-state index in [4.69, 9.17) is 20.4 Å². The smallest absolute Gasteiger partial charge is 0.490 e. The number of amides is 2. The number of piperidine rings is 1. The Morgan fingerprint density at radius 1 is 0.815 bits per heavy atom. The number of carboxylic acid groups (broad SMARTS) is 1. The fraction of sp³-hybridized carbons (Fsp3) is 0.410. The zero-order valence-corrected chi connectivity index (χ0v) is 30.5. The van der Waals surface area contributed by atoms with Gasteiger partial charge in [-0.15, -0.1) is 0 Å². The third-order valence-electron chi connectivity index (χ3n) is 10.4. The normalized spacial score (nSPS) is 21.3. The van der Waals surface area contributed by atoms with Gasteiger partial charge >= 0.3 is 18.1 Å². The summed E-state index contributed by atoms with van der Waals surface area (Å²) in [7, 11) is 0. The number of carboxylic acids is 1. The van der Waals surface area contributed by atoms with Crippen LogP contribution in [0, 0.1) is 0 Å². The van der Waals surface area contributed by atoms with E-state index in [0.717, 1.165) is 52.1 Å². The maximum absolute atomic E-state index is 16.6. The van der Waals surface area contributed by atoms with Gasteiger partial charge in [0.05, 0.1) is 6.10 Å². The maximum atomic E-state index is 16.6. The Morgan fingerprint density at radius 3 is 2.02 bits per heavy atom. The summed E-state index contributed by atoms with van der Waals surface area (Å²) in [5.41, 5.74) is 6.03. The van der Waals surface area contributed by atoms with Gasteiger partial charge in [-0.2, -0.15) is 22.0 Å². The molecule has 1 aliphatic carbocycles. The van der Waals surface area contributed by atoms with Crippen LogP contribution in [0.4, 0.5) is 22.0 Å². The van der Waals surface area contributed by atoms with Crippen molar-refractivity contribution in [3.63, 3.8) is 0 Å². The fourth-order valence-electron chi connectivity index (χ4n) is 7.68. The standard InChI is InChI=1S/C37H38BrF2N3O4.C2HF3O2/c38-27-11-8-22-16-26(10-7-23(22)17-27)37(39,40)34(36(46)43-29-12-13-30(43)20-28(41)19-29)42-35(45)33(44)25-6-5-24-18-32(14-9-21(24)15-25)47-31-3-1-2-4-31;3-2(4,5)1(6)7/h5-11,14-18,28-31,33-34,44H,1-4,12-13,19-20,41H2,(H,42,45);(H,6,7)/t28?,29?,30?,33-,34-;/m0./s1. The van der Waals surface area contributed by atoms with Crippen molar-refractivity contribution in [2.24, 2.45) is 5.73 Å². The monoisotopic (exact) mass is 819 g/mol. The van der Waals surface area contributed by atoms with Crippen molar-refractivity contribution in [1.82, 2.24) is 10.2 Å². The first-order valence-electron chi connectivity index (χ1n) is 17.7. The summed E-state index contributed by atoms with van der Waals surface area (Å²) in [5.74, 6) is -7.72. The number of aliphatic hydroxyl groups excluding tert-OH is 1. The number of benzene rings is 4. The summed E-state index contributed by atoms with van der Waals surface area (Å²) >= 11 is 3.41.